The molecule has 8 heteroatoms. The maximum Gasteiger partial charge on any atom is 0.408 e. The second kappa shape index (κ2) is 15.6. The Kier molecular flexibility index (Phi) is 12.8. The van der Waals surface area contributed by atoms with E-state index in [4.69, 9.17) is 4.74 Å². The zero-order valence-electron chi connectivity index (χ0n) is 24.5. The zero-order chi connectivity index (χ0) is 29.0. The molecular weight excluding hydrogens is 510 g/mol. The number of amides is 3. The molecule has 0 saturated heterocycles. The molecule has 7 nitrogen and oxygen atoms in total. The van der Waals surface area contributed by atoms with E-state index in [9.17, 15) is 14.4 Å². The smallest absolute Gasteiger partial charge is 0.408 e. The van der Waals surface area contributed by atoms with Crippen molar-refractivity contribution in [3.05, 3.63) is 70.8 Å². The van der Waals surface area contributed by atoms with Crippen LogP contribution >= 0.6 is 11.8 Å². The van der Waals surface area contributed by atoms with Crippen LogP contribution in [0.25, 0.3) is 0 Å². The van der Waals surface area contributed by atoms with Gasteiger partial charge in [-0.2, -0.15) is 11.8 Å². The molecule has 2 aromatic rings. The molecule has 39 heavy (non-hydrogen) atoms. The number of nitrogens with one attached hydrogen (secondary N) is 2. The maximum absolute atomic E-state index is 14.2. The van der Waals surface area contributed by atoms with Crippen molar-refractivity contribution in [3.63, 3.8) is 0 Å². The second-order valence-corrected chi connectivity index (χ2v) is 11.7. The van der Waals surface area contributed by atoms with Gasteiger partial charge in [0.15, 0.2) is 0 Å². The largest absolute Gasteiger partial charge is 0.444 e. The molecule has 0 heterocycles. The summed E-state index contributed by atoms with van der Waals surface area (Å²) >= 11 is 1.60. The molecule has 2 rings (SSSR count). The highest BCUT2D eigenvalue weighted by Gasteiger charge is 2.36. The van der Waals surface area contributed by atoms with Crippen LogP contribution in [0.2, 0.25) is 0 Å². The van der Waals surface area contributed by atoms with Crippen molar-refractivity contribution in [2.45, 2.75) is 85.0 Å². The zero-order valence-corrected chi connectivity index (χ0v) is 25.3. The highest BCUT2D eigenvalue weighted by Crippen LogP contribution is 2.28. The fourth-order valence-corrected chi connectivity index (χ4v) is 4.71. The fourth-order valence-electron chi connectivity index (χ4n) is 4.24. The van der Waals surface area contributed by atoms with Crippen LogP contribution in [0.3, 0.4) is 0 Å². The minimum Gasteiger partial charge on any atom is -0.444 e. The number of hydrogen-bond donors (Lipinski definition) is 2. The van der Waals surface area contributed by atoms with Gasteiger partial charge in [0.05, 0.1) is 0 Å². The molecule has 0 aliphatic rings. The summed E-state index contributed by atoms with van der Waals surface area (Å²) in [6.45, 7) is 12.1. The summed E-state index contributed by atoms with van der Waals surface area (Å²) < 4.78 is 5.47. The molecule has 0 aliphatic carbocycles. The van der Waals surface area contributed by atoms with Crippen molar-refractivity contribution in [1.82, 2.24) is 15.5 Å². The van der Waals surface area contributed by atoms with Crippen molar-refractivity contribution in [2.24, 2.45) is 0 Å². The molecule has 0 fully saturated rings. The van der Waals surface area contributed by atoms with Crippen molar-refractivity contribution in [2.75, 3.05) is 18.6 Å². The number of aryl methyl sites for hydroxylation is 1. The summed E-state index contributed by atoms with van der Waals surface area (Å²) in [7, 11) is 0. The number of rotatable bonds is 13. The van der Waals surface area contributed by atoms with Gasteiger partial charge in [0, 0.05) is 13.1 Å². The van der Waals surface area contributed by atoms with Crippen molar-refractivity contribution in [1.29, 1.82) is 0 Å². The van der Waals surface area contributed by atoms with Gasteiger partial charge in [-0.15, -0.1) is 0 Å². The average Bonchev–Trinajstić information content (AvgIpc) is 2.88. The van der Waals surface area contributed by atoms with Crippen LogP contribution < -0.4 is 10.6 Å². The van der Waals surface area contributed by atoms with Gasteiger partial charge in [0.25, 0.3) is 0 Å². The standard InChI is InChI=1S/C31H45N3O4S/c1-8-9-19-34(29(36)26(18-20-39-7)33-30(37)38-31(4,5)6)27(25-17-13-14-22(2)23(25)3)28(35)32-21-24-15-11-10-12-16-24/h10-17,26-27H,8-9,18-21H2,1-7H3,(H,32,35)(H,33,37). The third kappa shape index (κ3) is 10.2. The van der Waals surface area contributed by atoms with Crippen LogP contribution in [0.1, 0.15) is 75.3 Å². The van der Waals surface area contributed by atoms with E-state index < -0.39 is 23.8 Å². The summed E-state index contributed by atoms with van der Waals surface area (Å²) in [6.07, 6.45) is 3.31. The molecule has 2 aromatic carbocycles. The molecule has 0 bridgehead atoms. The third-order valence-corrected chi connectivity index (χ3v) is 7.09. The summed E-state index contributed by atoms with van der Waals surface area (Å²) in [4.78, 5) is 42.5. The maximum atomic E-state index is 14.2. The number of alkyl carbamates (subject to hydrolysis) is 1. The number of ether oxygens (including phenoxy) is 1. The highest BCUT2D eigenvalue weighted by molar-refractivity contribution is 7.98. The predicted octanol–water partition coefficient (Wildman–Crippen LogP) is 5.94. The molecular formula is C31H45N3O4S. The monoisotopic (exact) mass is 555 g/mol. The van der Waals surface area contributed by atoms with E-state index in [1.165, 1.54) is 0 Å². The second-order valence-electron chi connectivity index (χ2n) is 10.8. The molecule has 214 valence electrons. The quantitative estimate of drug-likeness (QED) is 0.320. The van der Waals surface area contributed by atoms with Gasteiger partial charge < -0.3 is 20.3 Å². The molecule has 2 N–H and O–H groups in total. The Labute approximate surface area is 238 Å². The number of carbonyl (C=O) groups excluding carboxylic acids is 3. The fraction of sp³-hybridized carbons (Fsp3) is 0.516. The number of carbonyl (C=O) groups is 3. The van der Waals surface area contributed by atoms with Crippen LogP contribution in [-0.4, -0.2) is 53.0 Å². The minimum absolute atomic E-state index is 0.252. The average molecular weight is 556 g/mol. The highest BCUT2D eigenvalue weighted by atomic mass is 32.2. The summed E-state index contributed by atoms with van der Waals surface area (Å²) in [5.74, 6) is 0.129. The lowest BCUT2D eigenvalue weighted by Gasteiger charge is -2.35. The first-order chi connectivity index (χ1) is 18.5. The molecule has 3 amide bonds. The third-order valence-electron chi connectivity index (χ3n) is 6.45. The Hall–Kier alpha value is -3.00. The number of benzene rings is 2. The molecule has 0 spiro atoms. The molecule has 2 unspecified atom stereocenters. The van der Waals surface area contributed by atoms with E-state index in [1.807, 2.05) is 68.6 Å². The van der Waals surface area contributed by atoms with E-state index in [1.54, 1.807) is 37.4 Å². The van der Waals surface area contributed by atoms with Crippen LogP contribution in [0.5, 0.6) is 0 Å². The van der Waals surface area contributed by atoms with Crippen molar-refractivity contribution in [3.8, 4) is 0 Å². The van der Waals surface area contributed by atoms with E-state index in [0.717, 1.165) is 35.1 Å². The molecule has 0 aromatic heterocycles. The first-order valence-electron chi connectivity index (χ1n) is 13.6. The Morgan fingerprint density at radius 3 is 2.33 bits per heavy atom. The van der Waals surface area contributed by atoms with Crippen molar-refractivity contribution < 1.29 is 19.1 Å². The minimum atomic E-state index is -0.843. The number of unbranched alkanes of at least 4 members (excludes halogenated alkanes) is 1. The van der Waals surface area contributed by atoms with Gasteiger partial charge in [-0.3, -0.25) is 9.59 Å². The number of thioether (sulfide) groups is 1. The summed E-state index contributed by atoms with van der Waals surface area (Å²) in [5.41, 5.74) is 3.07. The Morgan fingerprint density at radius 2 is 1.72 bits per heavy atom. The molecule has 0 saturated carbocycles. The van der Waals surface area contributed by atoms with Crippen molar-refractivity contribution >= 4 is 29.7 Å². The lowest BCUT2D eigenvalue weighted by Crippen LogP contribution is -2.53. The first kappa shape index (κ1) is 32.2. The van der Waals surface area contributed by atoms with Gasteiger partial charge in [-0.25, -0.2) is 4.79 Å². The van der Waals surface area contributed by atoms with Gasteiger partial charge in [0.2, 0.25) is 11.8 Å². The van der Waals surface area contributed by atoms with Crippen LogP contribution in [-0.2, 0) is 20.9 Å². The van der Waals surface area contributed by atoms with Crippen LogP contribution in [0, 0.1) is 13.8 Å². The topological polar surface area (TPSA) is 87.7 Å². The number of hydrogen-bond acceptors (Lipinski definition) is 5. The Morgan fingerprint density at radius 1 is 1.03 bits per heavy atom. The van der Waals surface area contributed by atoms with Crippen LogP contribution in [0.4, 0.5) is 4.79 Å². The van der Waals surface area contributed by atoms with E-state index >= 15 is 0 Å². The van der Waals surface area contributed by atoms with Crippen LogP contribution in [0.15, 0.2) is 48.5 Å². The Balaban J connectivity index is 2.49. The SMILES string of the molecule is CCCCN(C(=O)C(CCSC)NC(=O)OC(C)(C)C)C(C(=O)NCc1ccccc1)c1cccc(C)c1C. The molecule has 2 atom stereocenters. The molecule has 0 aliphatic heterocycles. The van der Waals surface area contributed by atoms with E-state index in [0.29, 0.717) is 25.3 Å². The Bertz CT molecular complexity index is 1080. The van der Waals surface area contributed by atoms with Gasteiger partial charge in [-0.1, -0.05) is 61.9 Å². The van der Waals surface area contributed by atoms with Gasteiger partial charge >= 0.3 is 6.09 Å². The summed E-state index contributed by atoms with van der Waals surface area (Å²) in [5, 5.41) is 5.86. The first-order valence-corrected chi connectivity index (χ1v) is 15.0. The lowest BCUT2D eigenvalue weighted by molar-refractivity contribution is -0.142. The lowest BCUT2D eigenvalue weighted by atomic mass is 9.94. The normalized spacial score (nSPS) is 12.8. The van der Waals surface area contributed by atoms with Gasteiger partial charge in [0.1, 0.15) is 17.7 Å². The van der Waals surface area contributed by atoms with E-state index in [-0.39, 0.29) is 11.8 Å². The number of nitrogens with zero attached hydrogens (tertiary/aromatic N) is 1. The van der Waals surface area contributed by atoms with Gasteiger partial charge in [-0.05, 0) is 81.7 Å². The predicted molar refractivity (Wildman–Crippen MR) is 160 cm³/mol. The molecule has 0 radical (unpaired) electrons. The van der Waals surface area contributed by atoms with E-state index in [2.05, 4.69) is 17.6 Å². The summed E-state index contributed by atoms with van der Waals surface area (Å²) in [6, 6.07) is 13.9.